The number of allylic oxidation sites excluding steroid dienone is 4. The molecule has 1 nitrogen and oxygen atoms in total. The van der Waals surface area contributed by atoms with Crippen molar-refractivity contribution in [3.05, 3.63) is 78.4 Å². The summed E-state index contributed by atoms with van der Waals surface area (Å²) in [5.74, 6) is 0. The summed E-state index contributed by atoms with van der Waals surface area (Å²) in [6.07, 6.45) is 10.0. The van der Waals surface area contributed by atoms with Crippen LogP contribution in [0.3, 0.4) is 0 Å². The zero-order valence-corrected chi connectivity index (χ0v) is 19.9. The molecule has 3 aromatic rings. The molecule has 0 amide bonds. The number of hydrogen-bond donors (Lipinski definition) is 0. The standard InChI is InChI=1S/C15H13O.C5H5.C3H6.2ClH.Zr/c1-16-10-13-7-4-6-12-9-11-5-2-3-8-14(11)15(12)13;1-2-4-5-3-1;1-3-2;;;/h2-9H,10H2,1H3;1-3H,4H2;1-2H3;2*1H;/q2*-1;;;;+2/p-2. The molecule has 0 heterocycles. The third kappa shape index (κ3) is 8.32. The number of methoxy groups -OCH3 is 1. The summed E-state index contributed by atoms with van der Waals surface area (Å²) in [5, 5.41) is 5.27. The van der Waals surface area contributed by atoms with E-state index in [1.165, 1.54) is 30.3 Å². The number of rotatable bonds is 2. The Balaban J connectivity index is 0.000000518. The average molecular weight is 479 g/mol. The van der Waals surface area contributed by atoms with Crippen LogP contribution in [0.1, 0.15) is 25.8 Å². The van der Waals surface area contributed by atoms with Crippen molar-refractivity contribution in [2.45, 2.75) is 26.9 Å². The van der Waals surface area contributed by atoms with E-state index in [-0.39, 0.29) is 24.8 Å². The Hall–Kier alpha value is -0.917. The van der Waals surface area contributed by atoms with E-state index in [0.717, 1.165) is 6.42 Å². The second-order valence-corrected chi connectivity index (χ2v) is 8.51. The summed E-state index contributed by atoms with van der Waals surface area (Å²) in [5.41, 5.74) is 1.27. The van der Waals surface area contributed by atoms with Crippen molar-refractivity contribution in [2.75, 3.05) is 7.11 Å². The summed E-state index contributed by atoms with van der Waals surface area (Å²) in [6.45, 7) is 4.92. The van der Waals surface area contributed by atoms with Gasteiger partial charge in [0.2, 0.25) is 0 Å². The fraction of sp³-hybridized carbons (Fsp3) is 0.217. The fourth-order valence-corrected chi connectivity index (χ4v) is 2.70. The maximum atomic E-state index is 5.25. The van der Waals surface area contributed by atoms with Crippen LogP contribution in [-0.2, 0) is 35.6 Å². The first-order valence-corrected chi connectivity index (χ1v) is 9.65. The van der Waals surface area contributed by atoms with Gasteiger partial charge in [0.05, 0.1) is 6.61 Å². The van der Waals surface area contributed by atoms with E-state index in [0.29, 0.717) is 6.61 Å². The van der Waals surface area contributed by atoms with Crippen LogP contribution in [0.15, 0.2) is 66.8 Å². The topological polar surface area (TPSA) is 9.23 Å². The normalized spacial score (nSPS) is 11.0. The molecule has 0 atom stereocenters. The molecule has 1 aliphatic rings. The van der Waals surface area contributed by atoms with Crippen molar-refractivity contribution in [1.29, 1.82) is 0 Å². The Morgan fingerprint density at radius 1 is 1.07 bits per heavy atom. The molecule has 1 aliphatic carbocycles. The quantitative estimate of drug-likeness (QED) is 0.469. The number of fused-ring (bicyclic) bond motifs is 3. The first-order valence-electron chi connectivity index (χ1n) is 8.42. The maximum Gasteiger partial charge on any atom is -0.109 e. The van der Waals surface area contributed by atoms with Crippen LogP contribution in [-0.4, -0.2) is 10.3 Å². The summed E-state index contributed by atoms with van der Waals surface area (Å²) in [6, 6.07) is 17.1. The van der Waals surface area contributed by atoms with Gasteiger partial charge in [-0.2, -0.15) is 6.08 Å². The van der Waals surface area contributed by atoms with Gasteiger partial charge in [-0.3, -0.25) is 6.08 Å². The van der Waals surface area contributed by atoms with Crippen LogP contribution in [0.2, 0.25) is 0 Å². The molecule has 0 N–H and O–H groups in total. The molecular weight excluding hydrogens is 454 g/mol. The predicted molar refractivity (Wildman–Crippen MR) is 106 cm³/mol. The number of benzene rings is 2. The number of halogens is 2. The minimum atomic E-state index is 0. The van der Waals surface area contributed by atoms with Gasteiger partial charge in [0.1, 0.15) is 0 Å². The fourth-order valence-electron chi connectivity index (χ4n) is 2.70. The minimum absolute atomic E-state index is 0. The van der Waals surface area contributed by atoms with Gasteiger partial charge in [-0.05, 0) is 0 Å². The van der Waals surface area contributed by atoms with Crippen LogP contribution in [0.25, 0.3) is 21.5 Å². The average Bonchev–Trinajstić information content (AvgIpc) is 3.26. The third-order valence-corrected chi connectivity index (χ3v) is 3.61. The van der Waals surface area contributed by atoms with Gasteiger partial charge in [0.15, 0.2) is 0 Å². The van der Waals surface area contributed by atoms with Crippen LogP contribution in [0, 0.1) is 6.08 Å². The van der Waals surface area contributed by atoms with Gasteiger partial charge < -0.3 is 29.6 Å². The van der Waals surface area contributed by atoms with Gasteiger partial charge in [0, 0.05) is 7.11 Å². The van der Waals surface area contributed by atoms with Gasteiger partial charge in [-0.15, -0.1) is 46.2 Å². The van der Waals surface area contributed by atoms with E-state index >= 15 is 0 Å². The Labute approximate surface area is 190 Å². The van der Waals surface area contributed by atoms with Crippen LogP contribution >= 0.6 is 0 Å². The number of hydrogen-bond acceptors (Lipinski definition) is 1. The van der Waals surface area contributed by atoms with Gasteiger partial charge in [-0.25, -0.2) is 12.2 Å². The molecule has 0 aliphatic heterocycles. The molecule has 0 aromatic heterocycles. The molecule has 4 rings (SSSR count). The zero-order chi connectivity index (χ0) is 18.1. The molecule has 27 heavy (non-hydrogen) atoms. The van der Waals surface area contributed by atoms with E-state index in [1.807, 2.05) is 12.2 Å². The Bertz CT molecular complexity index is 880. The van der Waals surface area contributed by atoms with Crippen molar-refractivity contribution >= 4 is 24.8 Å². The second kappa shape index (κ2) is 14.1. The van der Waals surface area contributed by atoms with Crippen LogP contribution in [0.5, 0.6) is 0 Å². The molecule has 0 fully saturated rings. The van der Waals surface area contributed by atoms with E-state index in [2.05, 4.69) is 74.5 Å². The van der Waals surface area contributed by atoms with Gasteiger partial charge in [0.25, 0.3) is 0 Å². The first-order chi connectivity index (χ1) is 12.1. The number of ether oxygens (including phenoxy) is 1. The summed E-state index contributed by atoms with van der Waals surface area (Å²) in [4.78, 5) is 0. The van der Waals surface area contributed by atoms with Crippen LogP contribution < -0.4 is 24.8 Å². The Kier molecular flexibility index (Phi) is 13.7. The van der Waals surface area contributed by atoms with Crippen molar-refractivity contribution in [3.8, 4) is 0 Å². The molecule has 0 bridgehead atoms. The van der Waals surface area contributed by atoms with Crippen molar-refractivity contribution in [3.63, 3.8) is 0 Å². The molecule has 0 radical (unpaired) electrons. The molecule has 0 saturated heterocycles. The summed E-state index contributed by atoms with van der Waals surface area (Å²) >= 11 is 1.55. The smallest absolute Gasteiger partial charge is 0.109 e. The zero-order valence-electron chi connectivity index (χ0n) is 15.9. The van der Waals surface area contributed by atoms with E-state index in [1.54, 1.807) is 31.3 Å². The first kappa shape index (κ1) is 26.1. The maximum absolute atomic E-state index is 5.25. The van der Waals surface area contributed by atoms with E-state index in [9.17, 15) is 0 Å². The Morgan fingerprint density at radius 3 is 2.30 bits per heavy atom. The molecular formula is C23H24Cl2OZr-2. The monoisotopic (exact) mass is 476 g/mol. The molecule has 142 valence electrons. The third-order valence-electron chi connectivity index (χ3n) is 3.61. The Morgan fingerprint density at radius 2 is 1.74 bits per heavy atom. The molecule has 4 heteroatoms. The summed E-state index contributed by atoms with van der Waals surface area (Å²) in [7, 11) is 1.74. The SMILES string of the molecule is COCc1cccc2[cH-]c3ccccc3c12.C[C](C)=[Zr+2].[C-]1=CC=CC1.[Cl-].[Cl-]. The molecule has 0 saturated carbocycles. The largest absolute Gasteiger partial charge is 1.00 e. The molecule has 0 spiro atoms. The van der Waals surface area contributed by atoms with Crippen molar-refractivity contribution in [1.82, 2.24) is 0 Å². The van der Waals surface area contributed by atoms with Gasteiger partial charge in [-0.1, -0.05) is 35.9 Å². The second-order valence-electron chi connectivity index (χ2n) is 6.05. The van der Waals surface area contributed by atoms with E-state index < -0.39 is 0 Å². The minimum Gasteiger partial charge on any atom is -1.00 e. The van der Waals surface area contributed by atoms with Crippen LogP contribution in [0.4, 0.5) is 0 Å². The molecule has 3 aromatic carbocycles. The summed E-state index contributed by atoms with van der Waals surface area (Å²) < 4.78 is 6.76. The molecule has 0 unspecified atom stereocenters. The predicted octanol–water partition coefficient (Wildman–Crippen LogP) is -0.0826. The van der Waals surface area contributed by atoms with Crippen molar-refractivity contribution in [2.24, 2.45) is 0 Å². The van der Waals surface area contributed by atoms with E-state index in [4.69, 9.17) is 4.74 Å². The van der Waals surface area contributed by atoms with Gasteiger partial charge >= 0.3 is 41.3 Å². The van der Waals surface area contributed by atoms with Crippen molar-refractivity contribution < 1.29 is 53.8 Å².